The number of carbonyl (C=O) groups excluding carboxylic acids is 4. The normalized spacial score (nSPS) is 25.1. The molecule has 1 spiro atoms. The number of carbonyl (C=O) groups is 4. The van der Waals surface area contributed by atoms with Gasteiger partial charge in [-0.25, -0.2) is 9.69 Å². The smallest absolute Gasteiger partial charge is 0.338 e. The van der Waals surface area contributed by atoms with Gasteiger partial charge in [0.15, 0.2) is 11.5 Å². The molecule has 3 aliphatic rings. The van der Waals surface area contributed by atoms with Crippen LogP contribution in [-0.2, 0) is 31.1 Å². The number of para-hydroxylation sites is 1. The largest absolute Gasteiger partial charge is 0.504 e. The van der Waals surface area contributed by atoms with E-state index in [-0.39, 0.29) is 35.8 Å². The number of rotatable bonds is 5. The first-order chi connectivity index (χ1) is 18.8. The number of hydrogen-bond donors (Lipinski definition) is 4. The Balaban J connectivity index is 1.42. The van der Waals surface area contributed by atoms with Crippen LogP contribution >= 0.6 is 0 Å². The number of esters is 1. The van der Waals surface area contributed by atoms with Crippen LogP contribution in [0, 0.1) is 11.8 Å². The van der Waals surface area contributed by atoms with E-state index in [4.69, 9.17) is 4.74 Å². The number of benzene rings is 3. The zero-order valence-corrected chi connectivity index (χ0v) is 20.9. The van der Waals surface area contributed by atoms with E-state index in [9.17, 15) is 29.4 Å². The predicted molar refractivity (Wildman–Crippen MR) is 139 cm³/mol. The maximum atomic E-state index is 14.1. The zero-order valence-electron chi connectivity index (χ0n) is 20.9. The molecule has 3 aliphatic heterocycles. The lowest BCUT2D eigenvalue weighted by Gasteiger charge is -2.29. The molecule has 2 fully saturated rings. The molecule has 4 atom stereocenters. The highest BCUT2D eigenvalue weighted by Gasteiger charge is 2.70. The van der Waals surface area contributed by atoms with Gasteiger partial charge in [0.25, 0.3) is 0 Å². The number of imide groups is 1. The molecule has 0 bridgehead atoms. The Labute approximate surface area is 223 Å². The molecule has 6 rings (SSSR count). The number of hydrogen-bond acceptors (Lipinski definition) is 8. The second-order valence-electron chi connectivity index (χ2n) is 9.87. The van der Waals surface area contributed by atoms with Crippen LogP contribution in [-0.4, -0.2) is 46.6 Å². The number of amides is 3. The first kappa shape index (κ1) is 24.6. The summed E-state index contributed by atoms with van der Waals surface area (Å²) in [6.45, 7) is 1.91. The molecule has 0 aliphatic carbocycles. The summed E-state index contributed by atoms with van der Waals surface area (Å²) in [6.07, 6.45) is 0.209. The summed E-state index contributed by atoms with van der Waals surface area (Å²) in [4.78, 5) is 54.8. The molecule has 0 aromatic heterocycles. The maximum Gasteiger partial charge on any atom is 0.338 e. The Bertz CT molecular complexity index is 1540. The molecular weight excluding hydrogens is 502 g/mol. The molecular formula is C29H25N3O7. The summed E-state index contributed by atoms with van der Waals surface area (Å²) in [5.41, 5.74) is 0.859. The van der Waals surface area contributed by atoms with Crippen molar-refractivity contribution in [3.63, 3.8) is 0 Å². The van der Waals surface area contributed by atoms with Crippen molar-refractivity contribution < 1.29 is 34.1 Å². The molecule has 2 saturated heterocycles. The van der Waals surface area contributed by atoms with Crippen LogP contribution < -0.4 is 15.5 Å². The number of ether oxygens (including phenoxy) is 1. The van der Waals surface area contributed by atoms with E-state index in [1.165, 1.54) is 36.4 Å². The summed E-state index contributed by atoms with van der Waals surface area (Å²) in [7, 11) is 0. The van der Waals surface area contributed by atoms with Crippen molar-refractivity contribution in [2.75, 3.05) is 16.8 Å². The minimum absolute atomic E-state index is 0.209. The highest BCUT2D eigenvalue weighted by molar-refractivity contribution is 6.25. The van der Waals surface area contributed by atoms with Crippen molar-refractivity contribution >= 4 is 35.1 Å². The van der Waals surface area contributed by atoms with Gasteiger partial charge in [-0.15, -0.1) is 0 Å². The second-order valence-corrected chi connectivity index (χ2v) is 9.87. The molecule has 3 amide bonds. The number of aromatic hydroxyl groups is 2. The topological polar surface area (TPSA) is 145 Å². The van der Waals surface area contributed by atoms with Crippen LogP contribution in [0.4, 0.5) is 11.4 Å². The fourth-order valence-corrected chi connectivity index (χ4v) is 6.10. The lowest BCUT2D eigenvalue weighted by Crippen LogP contribution is -2.53. The third kappa shape index (κ3) is 3.59. The molecule has 10 nitrogen and oxygen atoms in total. The number of phenols is 2. The molecule has 4 N–H and O–H groups in total. The van der Waals surface area contributed by atoms with Gasteiger partial charge in [0.05, 0.1) is 29.7 Å². The summed E-state index contributed by atoms with van der Waals surface area (Å²) in [5, 5.41) is 26.0. The minimum atomic E-state index is -1.47. The third-order valence-electron chi connectivity index (χ3n) is 7.75. The number of phenolic OH excluding ortho intramolecular Hbond substituents is 2. The van der Waals surface area contributed by atoms with Gasteiger partial charge in [0.2, 0.25) is 17.7 Å². The molecule has 3 heterocycles. The Kier molecular flexibility index (Phi) is 5.65. The van der Waals surface area contributed by atoms with Gasteiger partial charge in [0, 0.05) is 17.3 Å². The molecule has 0 saturated carbocycles. The van der Waals surface area contributed by atoms with Crippen LogP contribution in [0.3, 0.4) is 0 Å². The Morgan fingerprint density at radius 3 is 2.44 bits per heavy atom. The van der Waals surface area contributed by atoms with Crippen molar-refractivity contribution in [2.24, 2.45) is 11.8 Å². The number of anilines is 2. The van der Waals surface area contributed by atoms with E-state index < -0.39 is 47.1 Å². The third-order valence-corrected chi connectivity index (χ3v) is 7.75. The fourth-order valence-electron chi connectivity index (χ4n) is 6.10. The Hall–Kier alpha value is -4.70. The van der Waals surface area contributed by atoms with Crippen LogP contribution in [0.25, 0.3) is 0 Å². The average molecular weight is 528 g/mol. The monoisotopic (exact) mass is 527 g/mol. The van der Waals surface area contributed by atoms with Crippen molar-refractivity contribution in [1.29, 1.82) is 0 Å². The zero-order chi connectivity index (χ0) is 27.5. The van der Waals surface area contributed by atoms with Crippen LogP contribution in [0.15, 0.2) is 66.7 Å². The van der Waals surface area contributed by atoms with E-state index >= 15 is 0 Å². The molecule has 3 aromatic carbocycles. The van der Waals surface area contributed by atoms with Gasteiger partial charge >= 0.3 is 5.97 Å². The van der Waals surface area contributed by atoms with Crippen LogP contribution in [0.1, 0.15) is 28.4 Å². The van der Waals surface area contributed by atoms with Gasteiger partial charge in [-0.05, 0) is 61.4 Å². The highest BCUT2D eigenvalue weighted by Crippen LogP contribution is 2.53. The Morgan fingerprint density at radius 1 is 0.974 bits per heavy atom. The highest BCUT2D eigenvalue weighted by atomic mass is 16.5. The first-order valence-corrected chi connectivity index (χ1v) is 12.6. The average Bonchev–Trinajstić information content (AvgIpc) is 3.50. The van der Waals surface area contributed by atoms with E-state index in [0.717, 1.165) is 4.90 Å². The van der Waals surface area contributed by atoms with Gasteiger partial charge < -0.3 is 20.3 Å². The van der Waals surface area contributed by atoms with Crippen LogP contribution in [0.5, 0.6) is 11.5 Å². The van der Waals surface area contributed by atoms with Gasteiger partial charge in [-0.2, -0.15) is 0 Å². The SMILES string of the molecule is CCOC(=O)c1ccc(N2C(=O)[C@@H]3[C@H](Cc4ccc(O)c(O)c4)N[C@]4(C(=O)Nc5ccccc54)[C@@H]3C2=O)cc1. The summed E-state index contributed by atoms with van der Waals surface area (Å²) in [5.74, 6) is -4.44. The van der Waals surface area contributed by atoms with Crippen molar-refractivity contribution in [3.05, 3.63) is 83.4 Å². The number of nitrogens with one attached hydrogen (secondary N) is 2. The second kappa shape index (κ2) is 8.95. The van der Waals surface area contributed by atoms with Crippen molar-refractivity contribution in [2.45, 2.75) is 24.9 Å². The van der Waals surface area contributed by atoms with Gasteiger partial charge in [-0.1, -0.05) is 24.3 Å². The molecule has 39 heavy (non-hydrogen) atoms. The van der Waals surface area contributed by atoms with Gasteiger partial charge in [0.1, 0.15) is 5.54 Å². The molecule has 198 valence electrons. The fraction of sp³-hybridized carbons (Fsp3) is 0.241. The van der Waals surface area contributed by atoms with Crippen molar-refractivity contribution in [3.8, 4) is 11.5 Å². The van der Waals surface area contributed by atoms with E-state index in [2.05, 4.69) is 10.6 Å². The number of nitrogens with zero attached hydrogens (tertiary/aromatic N) is 1. The standard InChI is InChI=1S/C29H25N3O7/c1-2-39-27(37)16-8-10-17(11-9-16)32-25(35)23-20(13-15-7-12-21(33)22(34)14-15)31-29(24(23)26(32)36)18-5-3-4-6-19(18)30-28(29)38/h3-12,14,20,23-24,31,33-34H,2,13H2,1H3,(H,30,38)/t20-,23+,24-,29-/m0/s1. The molecule has 10 heteroatoms. The molecule has 3 aromatic rings. The van der Waals surface area contributed by atoms with E-state index in [0.29, 0.717) is 16.8 Å². The van der Waals surface area contributed by atoms with Crippen LogP contribution in [0.2, 0.25) is 0 Å². The lowest BCUT2D eigenvalue weighted by atomic mass is 9.76. The summed E-state index contributed by atoms with van der Waals surface area (Å²) in [6, 6.07) is 16.8. The van der Waals surface area contributed by atoms with E-state index in [1.807, 2.05) is 0 Å². The Morgan fingerprint density at radius 2 is 1.72 bits per heavy atom. The van der Waals surface area contributed by atoms with Crippen molar-refractivity contribution in [1.82, 2.24) is 5.32 Å². The molecule has 0 radical (unpaired) electrons. The quantitative estimate of drug-likeness (QED) is 0.225. The van der Waals surface area contributed by atoms with E-state index in [1.54, 1.807) is 37.3 Å². The van der Waals surface area contributed by atoms with Gasteiger partial charge in [-0.3, -0.25) is 19.7 Å². The minimum Gasteiger partial charge on any atom is -0.504 e. The summed E-state index contributed by atoms with van der Waals surface area (Å²) < 4.78 is 5.02. The summed E-state index contributed by atoms with van der Waals surface area (Å²) >= 11 is 0. The number of fused-ring (bicyclic) bond motifs is 4. The maximum absolute atomic E-state index is 14.1. The molecule has 0 unspecified atom stereocenters. The predicted octanol–water partition coefficient (Wildman–Crippen LogP) is 2.44. The lowest BCUT2D eigenvalue weighted by molar-refractivity contribution is -0.130. The first-order valence-electron chi connectivity index (χ1n) is 12.6.